The highest BCUT2D eigenvalue weighted by atomic mass is 16.3. The van der Waals surface area contributed by atoms with Crippen LogP contribution in [0, 0.1) is 5.92 Å². The van der Waals surface area contributed by atoms with Crippen molar-refractivity contribution in [1.29, 1.82) is 0 Å². The van der Waals surface area contributed by atoms with Gasteiger partial charge in [-0.2, -0.15) is 0 Å². The van der Waals surface area contributed by atoms with E-state index in [0.29, 0.717) is 18.3 Å². The van der Waals surface area contributed by atoms with Crippen molar-refractivity contribution in [3.63, 3.8) is 0 Å². The molecule has 4 nitrogen and oxygen atoms in total. The Morgan fingerprint density at radius 2 is 1.34 bits per heavy atom. The summed E-state index contributed by atoms with van der Waals surface area (Å²) in [5.74, 6) is 1.09. The highest BCUT2D eigenvalue weighted by Gasteiger charge is 2.20. The molecule has 0 bridgehead atoms. The van der Waals surface area contributed by atoms with Gasteiger partial charge in [0.15, 0.2) is 5.82 Å². The number of fused-ring (bicyclic) bond motifs is 3. The van der Waals surface area contributed by atoms with E-state index in [1.54, 1.807) is 0 Å². The zero-order chi connectivity index (χ0) is 44.8. The molecular weight excluding hydrogens is 815 g/mol. The monoisotopic (exact) mass is 865 g/mol. The molecular formula is C63H51N3O. The highest BCUT2D eigenvalue weighted by Crippen LogP contribution is 2.41. The van der Waals surface area contributed by atoms with Crippen molar-refractivity contribution in [1.82, 2.24) is 9.97 Å². The van der Waals surface area contributed by atoms with Crippen molar-refractivity contribution in [2.24, 2.45) is 10.9 Å². The van der Waals surface area contributed by atoms with E-state index in [0.717, 1.165) is 117 Å². The number of nitrogens with zero attached hydrogens (tertiary/aromatic N) is 3. The first-order valence-electron chi connectivity index (χ1n) is 23.7. The fourth-order valence-corrected chi connectivity index (χ4v) is 9.58. The maximum absolute atomic E-state index is 7.03. The zero-order valence-electron chi connectivity index (χ0n) is 37.6. The molecule has 0 saturated carbocycles. The average Bonchev–Trinajstić information content (AvgIpc) is 3.80. The summed E-state index contributed by atoms with van der Waals surface area (Å²) in [7, 11) is 0. The summed E-state index contributed by atoms with van der Waals surface area (Å²) in [6.07, 6.45) is 31.0. The molecule has 324 valence electrons. The number of benzene rings is 6. The van der Waals surface area contributed by atoms with E-state index < -0.39 is 0 Å². The van der Waals surface area contributed by atoms with Crippen molar-refractivity contribution < 1.29 is 4.42 Å². The van der Waals surface area contributed by atoms with E-state index >= 15 is 0 Å². The lowest BCUT2D eigenvalue weighted by atomic mass is 9.85. The van der Waals surface area contributed by atoms with Crippen molar-refractivity contribution >= 4 is 39.3 Å². The third-order valence-electron chi connectivity index (χ3n) is 13.2. The molecule has 1 unspecified atom stereocenters. The normalized spacial score (nSPS) is 16.1. The molecule has 11 rings (SSSR count). The Hall–Kier alpha value is -7.95. The molecule has 0 saturated heterocycles. The Labute approximate surface area is 393 Å². The fraction of sp³-hybridized carbons (Fsp3) is 0.127. The molecule has 0 fully saturated rings. The third-order valence-corrected chi connectivity index (χ3v) is 13.2. The van der Waals surface area contributed by atoms with Crippen LogP contribution in [0.25, 0.3) is 78.6 Å². The van der Waals surface area contributed by atoms with Gasteiger partial charge in [0.2, 0.25) is 0 Å². The first kappa shape index (κ1) is 41.7. The van der Waals surface area contributed by atoms with Crippen LogP contribution >= 0.6 is 0 Å². The predicted molar refractivity (Wildman–Crippen MR) is 281 cm³/mol. The minimum absolute atomic E-state index is 0.414. The van der Waals surface area contributed by atoms with Gasteiger partial charge in [-0.1, -0.05) is 194 Å². The summed E-state index contributed by atoms with van der Waals surface area (Å²) in [6, 6.07) is 53.3. The Kier molecular flexibility index (Phi) is 12.0. The maximum atomic E-state index is 7.03. The lowest BCUT2D eigenvalue weighted by Crippen LogP contribution is -2.09. The second-order valence-electron chi connectivity index (χ2n) is 17.6. The van der Waals surface area contributed by atoms with E-state index in [1.165, 1.54) is 22.3 Å². The maximum Gasteiger partial charge on any atom is 0.160 e. The van der Waals surface area contributed by atoms with Crippen LogP contribution in [0.3, 0.4) is 0 Å². The number of hydrogen-bond donors (Lipinski definition) is 0. The third kappa shape index (κ3) is 9.17. The summed E-state index contributed by atoms with van der Waals surface area (Å²) in [6.45, 7) is 0.677. The molecule has 0 amide bonds. The molecule has 0 radical (unpaired) electrons. The van der Waals surface area contributed by atoms with Gasteiger partial charge in [-0.15, -0.1) is 0 Å². The molecule has 2 heterocycles. The molecule has 0 N–H and O–H groups in total. The number of allylic oxidation sites excluding steroid dienone is 13. The second kappa shape index (κ2) is 19.3. The van der Waals surface area contributed by atoms with Crippen LogP contribution in [-0.4, -0.2) is 22.2 Å². The average molecular weight is 866 g/mol. The van der Waals surface area contributed by atoms with E-state index in [-0.39, 0.29) is 0 Å². The minimum Gasteiger partial charge on any atom is -0.455 e. The number of aromatic nitrogens is 2. The van der Waals surface area contributed by atoms with Gasteiger partial charge in [-0.05, 0) is 96.7 Å². The number of hydrogen-bond acceptors (Lipinski definition) is 4. The molecule has 3 aliphatic rings. The number of rotatable bonds is 12. The Morgan fingerprint density at radius 1 is 0.627 bits per heavy atom. The van der Waals surface area contributed by atoms with E-state index in [9.17, 15) is 0 Å². The van der Waals surface area contributed by atoms with Crippen LogP contribution in [0.15, 0.2) is 233 Å². The van der Waals surface area contributed by atoms with Gasteiger partial charge >= 0.3 is 0 Å². The van der Waals surface area contributed by atoms with E-state index in [2.05, 4.69) is 200 Å². The number of furan rings is 1. The van der Waals surface area contributed by atoms with E-state index in [1.807, 2.05) is 18.2 Å². The van der Waals surface area contributed by atoms with Gasteiger partial charge in [0, 0.05) is 51.1 Å². The van der Waals surface area contributed by atoms with Crippen LogP contribution in [0.1, 0.15) is 48.8 Å². The summed E-state index contributed by atoms with van der Waals surface area (Å²) in [4.78, 5) is 15.8. The topological polar surface area (TPSA) is 51.3 Å². The van der Waals surface area contributed by atoms with Crippen LogP contribution in [0.2, 0.25) is 0 Å². The lowest BCUT2D eigenvalue weighted by Gasteiger charge is -2.21. The Balaban J connectivity index is 1.05. The van der Waals surface area contributed by atoms with Gasteiger partial charge < -0.3 is 4.42 Å². The van der Waals surface area contributed by atoms with Crippen molar-refractivity contribution in [2.75, 3.05) is 6.54 Å². The van der Waals surface area contributed by atoms with E-state index in [4.69, 9.17) is 19.4 Å². The van der Waals surface area contributed by atoms with Crippen LogP contribution in [0.5, 0.6) is 0 Å². The zero-order valence-corrected chi connectivity index (χ0v) is 37.6. The molecule has 4 heteroatoms. The Bertz CT molecular complexity index is 3340. The molecule has 67 heavy (non-hydrogen) atoms. The van der Waals surface area contributed by atoms with Crippen LogP contribution in [0.4, 0.5) is 0 Å². The number of para-hydroxylation sites is 1. The molecule has 0 spiro atoms. The quantitative estimate of drug-likeness (QED) is 0.115. The van der Waals surface area contributed by atoms with Crippen molar-refractivity contribution in [3.05, 3.63) is 240 Å². The summed E-state index contributed by atoms with van der Waals surface area (Å²) < 4.78 is 7.03. The number of aliphatic imine (C=N–C) groups is 1. The predicted octanol–water partition coefficient (Wildman–Crippen LogP) is 16.3. The van der Waals surface area contributed by atoms with Crippen molar-refractivity contribution in [3.8, 4) is 45.0 Å². The summed E-state index contributed by atoms with van der Waals surface area (Å²) >= 11 is 0. The molecule has 2 aromatic heterocycles. The SMILES string of the molecule is C1=CCCC(c2ccc(-c3cc(-c4cc(/C=C/C(=N\CCc5ccccc5)C5=CCC(C6=CC=CCC6)C=C5)c5oc6c(-c7ccccc7)cccc6c5c4)nc(-c4ccccc4)n3)cc2)=C1. The van der Waals surface area contributed by atoms with Gasteiger partial charge in [0.25, 0.3) is 0 Å². The molecule has 0 aliphatic heterocycles. The van der Waals surface area contributed by atoms with Gasteiger partial charge in [-0.3, -0.25) is 4.99 Å². The summed E-state index contributed by atoms with van der Waals surface area (Å²) in [5.41, 5.74) is 17.0. The molecule has 6 aromatic carbocycles. The molecule has 1 atom stereocenters. The fourth-order valence-electron chi connectivity index (χ4n) is 9.58. The van der Waals surface area contributed by atoms with Gasteiger partial charge in [-0.25, -0.2) is 9.97 Å². The van der Waals surface area contributed by atoms with Gasteiger partial charge in [0.05, 0.1) is 17.1 Å². The lowest BCUT2D eigenvalue weighted by molar-refractivity contribution is 0.669. The minimum atomic E-state index is 0.414. The molecule has 3 aliphatic carbocycles. The summed E-state index contributed by atoms with van der Waals surface area (Å²) in [5, 5.41) is 2.09. The first-order chi connectivity index (χ1) is 33.2. The second-order valence-corrected chi connectivity index (χ2v) is 17.6. The van der Waals surface area contributed by atoms with Crippen molar-refractivity contribution in [2.45, 2.75) is 38.5 Å². The van der Waals surface area contributed by atoms with Crippen LogP contribution in [-0.2, 0) is 6.42 Å². The first-order valence-corrected chi connectivity index (χ1v) is 23.7. The van der Waals surface area contributed by atoms with Gasteiger partial charge in [0.1, 0.15) is 11.2 Å². The highest BCUT2D eigenvalue weighted by molar-refractivity contribution is 6.15. The molecule has 8 aromatic rings. The van der Waals surface area contributed by atoms with Crippen LogP contribution < -0.4 is 0 Å². The largest absolute Gasteiger partial charge is 0.455 e. The Morgan fingerprint density at radius 3 is 2.06 bits per heavy atom. The standard InChI is InChI=1S/C63H51N3O/c1-6-17-44(18-7-1)39-40-64-58(50-33-29-47(30-34-50)45-19-8-2-9-20-45)38-37-53-41-54(42-57-56-28-16-27-55(62(56)67-61(53)57)49-23-12-4-13-24-49)60-43-59(65-63(66-60)52-25-14-5-15-26-52)51-35-31-48(32-36-51)46-21-10-3-11-22-46/h1-8,10,12-19,21,23-29,31-38,41-43,47H,9,11,20,22,30,39-40H2/b38-37+,64-58+. The smallest absolute Gasteiger partial charge is 0.160 e.